The second-order valence-electron chi connectivity index (χ2n) is 9.86. The van der Waals surface area contributed by atoms with Crippen LogP contribution in [-0.4, -0.2) is 65.0 Å². The van der Waals surface area contributed by atoms with Gasteiger partial charge in [-0.05, 0) is 74.4 Å². The molecular formula is C27H32IN5O4S. The van der Waals surface area contributed by atoms with Gasteiger partial charge in [-0.1, -0.05) is 40.8 Å². The van der Waals surface area contributed by atoms with Gasteiger partial charge in [0.15, 0.2) is 0 Å². The highest BCUT2D eigenvalue weighted by molar-refractivity contribution is 14.1. The fraction of sp³-hybridized carbons (Fsp3) is 0.444. The number of carbonyl (C=O) groups is 2. The zero-order valence-electron chi connectivity index (χ0n) is 21.5. The van der Waals surface area contributed by atoms with Gasteiger partial charge in [0.1, 0.15) is 3.26 Å². The van der Waals surface area contributed by atoms with Crippen molar-refractivity contribution in [3.63, 3.8) is 0 Å². The third-order valence-electron chi connectivity index (χ3n) is 7.28. The van der Waals surface area contributed by atoms with Crippen molar-refractivity contribution in [2.24, 2.45) is 0 Å². The number of alkyl halides is 1. The minimum Gasteiger partial charge on any atom is -0.339 e. The number of halogens is 1. The van der Waals surface area contributed by atoms with E-state index in [1.807, 2.05) is 64.7 Å². The molecule has 2 saturated heterocycles. The molecule has 9 nitrogen and oxygen atoms in total. The van der Waals surface area contributed by atoms with Crippen LogP contribution in [-0.2, 0) is 10.0 Å². The summed E-state index contributed by atoms with van der Waals surface area (Å²) in [6.45, 7) is 5.40. The minimum absolute atomic E-state index is 0.0729. The van der Waals surface area contributed by atoms with Crippen LogP contribution in [0.25, 0.3) is 0 Å². The summed E-state index contributed by atoms with van der Waals surface area (Å²) in [5.41, 5.74) is 3.71. The fourth-order valence-electron chi connectivity index (χ4n) is 4.94. The van der Waals surface area contributed by atoms with Crippen LogP contribution < -0.4 is 10.6 Å². The van der Waals surface area contributed by atoms with Gasteiger partial charge in [-0.2, -0.15) is 9.57 Å². The molecule has 0 bridgehead atoms. The van der Waals surface area contributed by atoms with Gasteiger partial charge >= 0.3 is 6.03 Å². The summed E-state index contributed by atoms with van der Waals surface area (Å²) in [4.78, 5) is 27.8. The van der Waals surface area contributed by atoms with Crippen LogP contribution in [0.5, 0.6) is 0 Å². The second kappa shape index (κ2) is 12.0. The maximum atomic E-state index is 13.2. The van der Waals surface area contributed by atoms with Crippen molar-refractivity contribution in [1.29, 1.82) is 5.26 Å². The standard InChI is InChI=1S/C27H32IN5O4S/c1-18-3-6-23(26(34)32-12-9-22(10-13-32)21-7-4-20(16-29)5-8-21)15-25(18)31-27(35)30-24-11-14-33(17-24)38(36,37)19(2)28/h3-8,15,19,22,24H,9-14,17H2,1-2H3,(H2,30,31,35)/t19?,24-/m0/s1. The number of sulfonamides is 1. The smallest absolute Gasteiger partial charge is 0.319 e. The number of anilines is 1. The van der Waals surface area contributed by atoms with Crippen LogP contribution in [0.1, 0.15) is 59.2 Å². The Balaban J connectivity index is 1.33. The Morgan fingerprint density at radius 3 is 2.39 bits per heavy atom. The number of benzene rings is 2. The molecule has 38 heavy (non-hydrogen) atoms. The molecule has 202 valence electrons. The first-order valence-corrected chi connectivity index (χ1v) is 15.4. The summed E-state index contributed by atoms with van der Waals surface area (Å²) in [5, 5.41) is 14.7. The predicted octanol–water partition coefficient (Wildman–Crippen LogP) is 4.19. The summed E-state index contributed by atoms with van der Waals surface area (Å²) in [5.74, 6) is 0.281. The molecule has 2 heterocycles. The minimum atomic E-state index is -3.36. The normalized spacial score (nSPS) is 19.5. The summed E-state index contributed by atoms with van der Waals surface area (Å²) >= 11 is 1.89. The van der Waals surface area contributed by atoms with Crippen molar-refractivity contribution in [1.82, 2.24) is 14.5 Å². The van der Waals surface area contributed by atoms with Gasteiger partial charge < -0.3 is 15.5 Å². The Hall–Kier alpha value is -2.69. The van der Waals surface area contributed by atoms with Gasteiger partial charge in [0, 0.05) is 43.5 Å². The van der Waals surface area contributed by atoms with E-state index in [0.717, 1.165) is 18.4 Å². The van der Waals surface area contributed by atoms with Crippen molar-refractivity contribution in [3.05, 3.63) is 64.7 Å². The number of urea groups is 1. The number of piperidine rings is 1. The van der Waals surface area contributed by atoms with Crippen LogP contribution >= 0.6 is 22.6 Å². The summed E-state index contributed by atoms with van der Waals surface area (Å²) in [7, 11) is -3.36. The van der Waals surface area contributed by atoms with Crippen LogP contribution in [0.3, 0.4) is 0 Å². The van der Waals surface area contributed by atoms with E-state index >= 15 is 0 Å². The van der Waals surface area contributed by atoms with Crippen molar-refractivity contribution in [2.75, 3.05) is 31.5 Å². The van der Waals surface area contributed by atoms with Gasteiger partial charge in [0.25, 0.3) is 5.91 Å². The van der Waals surface area contributed by atoms with Crippen LogP contribution in [0, 0.1) is 18.3 Å². The maximum absolute atomic E-state index is 13.2. The van der Waals surface area contributed by atoms with Crippen molar-refractivity contribution in [3.8, 4) is 6.07 Å². The van der Waals surface area contributed by atoms with E-state index in [9.17, 15) is 18.0 Å². The highest BCUT2D eigenvalue weighted by Crippen LogP contribution is 2.29. The SMILES string of the molecule is Cc1ccc(C(=O)N2CCC(c3ccc(C#N)cc3)CC2)cc1NC(=O)N[C@H]1CCN(S(=O)(=O)C(C)I)C1. The highest BCUT2D eigenvalue weighted by atomic mass is 127. The lowest BCUT2D eigenvalue weighted by atomic mass is 9.89. The lowest BCUT2D eigenvalue weighted by molar-refractivity contribution is 0.0713. The monoisotopic (exact) mass is 649 g/mol. The Morgan fingerprint density at radius 1 is 1.08 bits per heavy atom. The molecule has 2 N–H and O–H groups in total. The Bertz CT molecular complexity index is 1330. The first-order valence-electron chi connectivity index (χ1n) is 12.7. The average Bonchev–Trinajstić information content (AvgIpc) is 3.39. The molecule has 2 aliphatic rings. The molecule has 0 aromatic heterocycles. The predicted molar refractivity (Wildman–Crippen MR) is 155 cm³/mol. The van der Waals surface area contributed by atoms with Crippen LogP contribution in [0.15, 0.2) is 42.5 Å². The third kappa shape index (κ3) is 6.47. The molecule has 0 saturated carbocycles. The van der Waals surface area contributed by atoms with E-state index in [2.05, 4.69) is 16.7 Å². The number of rotatable bonds is 6. The van der Waals surface area contributed by atoms with E-state index in [-0.39, 0.29) is 18.5 Å². The molecule has 2 fully saturated rings. The summed E-state index contributed by atoms with van der Waals surface area (Å²) in [6.07, 6.45) is 2.24. The third-order valence-corrected chi connectivity index (χ3v) is 11.1. The second-order valence-corrected chi connectivity index (χ2v) is 14.8. The number of amides is 3. The number of likely N-dealkylation sites (tertiary alicyclic amines) is 1. The molecule has 0 radical (unpaired) electrons. The molecule has 0 spiro atoms. The zero-order chi connectivity index (χ0) is 27.4. The average molecular weight is 650 g/mol. The van der Waals surface area contributed by atoms with Gasteiger partial charge in [0.2, 0.25) is 10.0 Å². The quantitative estimate of drug-likeness (QED) is 0.359. The van der Waals surface area contributed by atoms with Crippen molar-refractivity contribution < 1.29 is 18.0 Å². The molecule has 11 heteroatoms. The highest BCUT2D eigenvalue weighted by Gasteiger charge is 2.34. The Kier molecular flexibility index (Phi) is 8.95. The Morgan fingerprint density at radius 2 is 1.76 bits per heavy atom. The molecule has 2 aliphatic heterocycles. The lowest BCUT2D eigenvalue weighted by Gasteiger charge is -2.32. The lowest BCUT2D eigenvalue weighted by Crippen LogP contribution is -2.41. The van der Waals surface area contributed by atoms with Crippen LogP contribution in [0.4, 0.5) is 10.5 Å². The van der Waals surface area contributed by atoms with E-state index in [4.69, 9.17) is 5.26 Å². The number of nitrogens with zero attached hydrogens (tertiary/aromatic N) is 3. The number of hydrogen-bond acceptors (Lipinski definition) is 5. The fourth-order valence-corrected chi connectivity index (χ4v) is 7.07. The largest absolute Gasteiger partial charge is 0.339 e. The van der Waals surface area contributed by atoms with Gasteiger partial charge in [-0.15, -0.1) is 0 Å². The van der Waals surface area contributed by atoms with E-state index in [0.29, 0.717) is 48.8 Å². The zero-order valence-corrected chi connectivity index (χ0v) is 24.5. The first-order chi connectivity index (χ1) is 18.1. The van der Waals surface area contributed by atoms with Gasteiger partial charge in [0.05, 0.1) is 11.6 Å². The van der Waals surface area contributed by atoms with Crippen molar-refractivity contribution in [2.45, 2.75) is 48.3 Å². The molecular weight excluding hydrogens is 617 g/mol. The first kappa shape index (κ1) is 28.3. The Labute approximate surface area is 237 Å². The molecule has 2 aromatic carbocycles. The van der Waals surface area contributed by atoms with Gasteiger partial charge in [-0.3, -0.25) is 4.79 Å². The number of nitrogens with one attached hydrogen (secondary N) is 2. The number of nitriles is 1. The number of carbonyl (C=O) groups excluding carboxylic acids is 2. The molecule has 4 rings (SSSR count). The molecule has 2 aromatic rings. The van der Waals surface area contributed by atoms with E-state index < -0.39 is 19.3 Å². The maximum Gasteiger partial charge on any atom is 0.319 e. The molecule has 2 atom stereocenters. The number of aryl methyl sites for hydroxylation is 1. The van der Waals surface area contributed by atoms with E-state index in [1.165, 1.54) is 9.87 Å². The van der Waals surface area contributed by atoms with Crippen LogP contribution in [0.2, 0.25) is 0 Å². The number of hydrogen-bond donors (Lipinski definition) is 2. The summed E-state index contributed by atoms with van der Waals surface area (Å²) < 4.78 is 25.7. The van der Waals surface area contributed by atoms with Gasteiger partial charge in [-0.25, -0.2) is 13.2 Å². The molecule has 0 aliphatic carbocycles. The molecule has 1 unspecified atom stereocenters. The van der Waals surface area contributed by atoms with Crippen molar-refractivity contribution >= 4 is 50.2 Å². The van der Waals surface area contributed by atoms with E-state index in [1.54, 1.807) is 19.1 Å². The summed E-state index contributed by atoms with van der Waals surface area (Å²) in [6, 6.07) is 14.4. The molecule has 3 amide bonds. The topological polar surface area (TPSA) is 123 Å².